The number of aryl methyl sites for hydroxylation is 2. The van der Waals surface area contributed by atoms with E-state index in [9.17, 15) is 0 Å². The molecule has 0 fully saturated rings. The SMILES string of the molecule is Cc1cc2c3c(c1)N(c1cc4c(cc1C)C(C)(C)CCC4(C)C)c1sc4ccccc4c1B3n1c3c-2cccc3c2sc3ccccc3c21. The Morgan fingerprint density at radius 2 is 1.29 bits per heavy atom. The quantitative estimate of drug-likeness (QED) is 0.158. The molecule has 2 aliphatic heterocycles. The highest BCUT2D eigenvalue weighted by Gasteiger charge is 2.46. The minimum absolute atomic E-state index is 0.0780. The number of fused-ring (bicyclic) bond motifs is 12. The number of rotatable bonds is 1. The van der Waals surface area contributed by atoms with E-state index in [4.69, 9.17) is 0 Å². The molecule has 5 aromatic carbocycles. The lowest BCUT2D eigenvalue weighted by Gasteiger charge is -2.44. The van der Waals surface area contributed by atoms with E-state index in [1.165, 1.54) is 115 Å². The first-order valence-corrected chi connectivity index (χ1v) is 19.3. The van der Waals surface area contributed by atoms with Gasteiger partial charge in [-0.25, -0.2) is 0 Å². The number of hydrogen-bond acceptors (Lipinski definition) is 3. The van der Waals surface area contributed by atoms with E-state index < -0.39 is 0 Å². The van der Waals surface area contributed by atoms with Crippen LogP contribution in [0.15, 0.2) is 91.0 Å². The largest absolute Gasteiger partial charge is 0.374 e. The minimum atomic E-state index is 0.0780. The summed E-state index contributed by atoms with van der Waals surface area (Å²) in [7, 11) is 0. The van der Waals surface area contributed by atoms with Gasteiger partial charge in [-0.3, -0.25) is 0 Å². The van der Waals surface area contributed by atoms with Gasteiger partial charge in [0.05, 0.1) is 20.9 Å². The fourth-order valence-electron chi connectivity index (χ4n) is 9.69. The van der Waals surface area contributed by atoms with Crippen LogP contribution in [0.5, 0.6) is 0 Å². The second-order valence-electron chi connectivity index (χ2n) is 16.1. The molecule has 49 heavy (non-hydrogen) atoms. The predicted molar refractivity (Wildman–Crippen MR) is 216 cm³/mol. The second kappa shape index (κ2) is 9.27. The number of thiophene rings is 2. The van der Waals surface area contributed by atoms with Crippen molar-refractivity contribution < 1.29 is 0 Å². The molecular formula is C44H37BN2S2. The maximum atomic E-state index is 2.75. The molecule has 238 valence electrons. The van der Waals surface area contributed by atoms with E-state index in [1.54, 1.807) is 0 Å². The molecule has 5 heterocycles. The Morgan fingerprint density at radius 3 is 2.06 bits per heavy atom. The summed E-state index contributed by atoms with van der Waals surface area (Å²) in [6.07, 6.45) is 2.43. The van der Waals surface area contributed by atoms with Gasteiger partial charge in [-0.05, 0) is 106 Å². The molecule has 8 aromatic rings. The summed E-state index contributed by atoms with van der Waals surface area (Å²) in [5, 5.41) is 5.47. The average Bonchev–Trinajstić information content (AvgIpc) is 3.75. The highest BCUT2D eigenvalue weighted by molar-refractivity contribution is 7.27. The van der Waals surface area contributed by atoms with E-state index in [1.807, 2.05) is 22.7 Å². The number of aromatic nitrogens is 1. The van der Waals surface area contributed by atoms with Crippen molar-refractivity contribution in [1.82, 2.24) is 4.48 Å². The Labute approximate surface area is 295 Å². The summed E-state index contributed by atoms with van der Waals surface area (Å²) in [6, 6.07) is 35.3. The van der Waals surface area contributed by atoms with Gasteiger partial charge >= 0.3 is 6.85 Å². The zero-order chi connectivity index (χ0) is 33.1. The molecule has 2 nitrogen and oxygen atoms in total. The van der Waals surface area contributed by atoms with Crippen LogP contribution in [-0.2, 0) is 10.8 Å². The number of nitrogens with zero attached hydrogens (tertiary/aromatic N) is 2. The molecule has 1 aliphatic carbocycles. The Morgan fingerprint density at radius 1 is 0.612 bits per heavy atom. The molecule has 11 rings (SSSR count). The molecule has 5 heteroatoms. The van der Waals surface area contributed by atoms with Crippen molar-refractivity contribution in [3.63, 3.8) is 0 Å². The van der Waals surface area contributed by atoms with Crippen molar-refractivity contribution in [1.29, 1.82) is 0 Å². The van der Waals surface area contributed by atoms with Gasteiger partial charge < -0.3 is 9.38 Å². The summed E-state index contributed by atoms with van der Waals surface area (Å²) >= 11 is 3.92. The van der Waals surface area contributed by atoms with Crippen molar-refractivity contribution in [2.45, 2.75) is 65.2 Å². The fourth-order valence-corrected chi connectivity index (χ4v) is 12.2. The van der Waals surface area contributed by atoms with Crippen LogP contribution in [0.3, 0.4) is 0 Å². The zero-order valence-corrected chi connectivity index (χ0v) is 30.5. The third-order valence-electron chi connectivity index (χ3n) is 12.2. The lowest BCUT2D eigenvalue weighted by molar-refractivity contribution is 0.332. The molecule has 0 N–H and O–H groups in total. The second-order valence-corrected chi connectivity index (χ2v) is 18.2. The van der Waals surface area contributed by atoms with Crippen LogP contribution in [0.2, 0.25) is 0 Å². The third-order valence-corrected chi connectivity index (χ3v) is 14.6. The Balaban J connectivity index is 1.31. The van der Waals surface area contributed by atoms with E-state index in [0.717, 1.165) is 0 Å². The summed E-state index contributed by atoms with van der Waals surface area (Å²) in [4.78, 5) is 2.67. The van der Waals surface area contributed by atoms with E-state index in [0.29, 0.717) is 0 Å². The standard InChI is InChI=1S/C44H37BN2S2/c1-24-20-30-26-14-11-15-29-39(26)47(40-28-13-8-10-17-36(28)48-41(29)40)45-37(30)34(21-24)46(42-38(45)27-12-7-9-16-35(27)49-42)33-23-32-31(22-25(33)2)43(3,4)18-19-44(32,5)6/h7-17,20-23H,18-19H2,1-6H3. The summed E-state index contributed by atoms with van der Waals surface area (Å²) < 4.78 is 6.87. The first-order chi connectivity index (χ1) is 23.6. The number of anilines is 3. The van der Waals surface area contributed by atoms with Gasteiger partial charge in [0, 0.05) is 36.9 Å². The highest BCUT2D eigenvalue weighted by Crippen LogP contribution is 2.53. The molecule has 0 radical (unpaired) electrons. The molecule has 0 amide bonds. The Hall–Kier alpha value is -4.32. The van der Waals surface area contributed by atoms with Gasteiger partial charge in [0.15, 0.2) is 0 Å². The van der Waals surface area contributed by atoms with Gasteiger partial charge in [-0.1, -0.05) is 94.4 Å². The molecule has 0 saturated heterocycles. The van der Waals surface area contributed by atoms with Crippen molar-refractivity contribution in [2.24, 2.45) is 0 Å². The fraction of sp³-hybridized carbons (Fsp3) is 0.227. The van der Waals surface area contributed by atoms with Crippen LogP contribution in [-0.4, -0.2) is 11.3 Å². The minimum Gasteiger partial charge on any atom is -0.374 e. The van der Waals surface area contributed by atoms with E-state index in [-0.39, 0.29) is 17.7 Å². The highest BCUT2D eigenvalue weighted by atomic mass is 32.1. The van der Waals surface area contributed by atoms with Gasteiger partial charge in [-0.15, -0.1) is 22.7 Å². The van der Waals surface area contributed by atoms with Crippen LogP contribution in [0, 0.1) is 13.8 Å². The van der Waals surface area contributed by atoms with Crippen LogP contribution in [0.4, 0.5) is 16.4 Å². The van der Waals surface area contributed by atoms with Crippen LogP contribution < -0.4 is 15.8 Å². The van der Waals surface area contributed by atoms with Crippen LogP contribution >= 0.6 is 22.7 Å². The van der Waals surface area contributed by atoms with E-state index >= 15 is 0 Å². The van der Waals surface area contributed by atoms with Crippen molar-refractivity contribution >= 4 is 98.1 Å². The molecule has 0 atom stereocenters. The zero-order valence-electron chi connectivity index (χ0n) is 28.9. The number of benzene rings is 5. The molecular weight excluding hydrogens is 631 g/mol. The topological polar surface area (TPSA) is 8.17 Å². The van der Waals surface area contributed by atoms with E-state index in [2.05, 4.69) is 142 Å². The molecule has 0 saturated carbocycles. The summed E-state index contributed by atoms with van der Waals surface area (Å²) in [5.41, 5.74) is 17.0. The maximum absolute atomic E-state index is 2.75. The Kier molecular flexibility index (Phi) is 5.39. The van der Waals surface area contributed by atoms with Crippen LogP contribution in [0.25, 0.3) is 52.4 Å². The van der Waals surface area contributed by atoms with Crippen molar-refractivity contribution in [3.05, 3.63) is 113 Å². The maximum Gasteiger partial charge on any atom is 0.334 e. The van der Waals surface area contributed by atoms with Crippen LogP contribution in [0.1, 0.15) is 62.8 Å². The summed E-state index contributed by atoms with van der Waals surface area (Å²) in [5.74, 6) is 0. The van der Waals surface area contributed by atoms with Gasteiger partial charge in [0.1, 0.15) is 0 Å². The lowest BCUT2D eigenvalue weighted by Crippen LogP contribution is -2.56. The van der Waals surface area contributed by atoms with Crippen molar-refractivity contribution in [3.8, 4) is 11.1 Å². The molecule has 0 bridgehead atoms. The normalized spacial score (nSPS) is 16.9. The molecule has 3 aliphatic rings. The monoisotopic (exact) mass is 668 g/mol. The third kappa shape index (κ3) is 3.53. The first kappa shape index (κ1) is 28.5. The van der Waals surface area contributed by atoms with Gasteiger partial charge in [0.25, 0.3) is 0 Å². The average molecular weight is 669 g/mol. The van der Waals surface area contributed by atoms with Gasteiger partial charge in [0.2, 0.25) is 0 Å². The van der Waals surface area contributed by atoms with Crippen molar-refractivity contribution in [2.75, 3.05) is 4.90 Å². The van der Waals surface area contributed by atoms with Gasteiger partial charge in [-0.2, -0.15) is 0 Å². The summed E-state index contributed by atoms with van der Waals surface area (Å²) in [6.45, 7) is 14.5. The lowest BCUT2D eigenvalue weighted by atomic mass is 9.45. The molecule has 3 aromatic heterocycles. The molecule has 0 spiro atoms. The predicted octanol–water partition coefficient (Wildman–Crippen LogP) is 11.6. The number of hydrogen-bond donors (Lipinski definition) is 0. The Bertz CT molecular complexity index is 2770. The smallest absolute Gasteiger partial charge is 0.334 e. The number of para-hydroxylation sites is 1. The molecule has 0 unspecified atom stereocenters. The first-order valence-electron chi connectivity index (χ1n) is 17.7.